The molecule has 1 saturated heterocycles. The molecule has 3 heterocycles. The summed E-state index contributed by atoms with van der Waals surface area (Å²) in [5, 5.41) is 0.883. The van der Waals surface area contributed by atoms with Crippen LogP contribution in [-0.2, 0) is 11.3 Å². The summed E-state index contributed by atoms with van der Waals surface area (Å²) in [6, 6.07) is 21.7. The molecule has 1 aromatic heterocycles. The maximum absolute atomic E-state index is 13.0. The molecule has 1 fully saturated rings. The number of para-hydroxylation sites is 1. The first-order valence-corrected chi connectivity index (χ1v) is 11.7. The lowest BCUT2D eigenvalue weighted by atomic mass is 10.1. The number of thioether (sulfide) groups is 1. The van der Waals surface area contributed by atoms with Crippen LogP contribution in [0.1, 0.15) is 15.9 Å². The van der Waals surface area contributed by atoms with Crippen LogP contribution < -0.4 is 9.80 Å². The number of anilines is 2. The first kappa shape index (κ1) is 20.6. The lowest BCUT2D eigenvalue weighted by Gasteiger charge is -2.36. The van der Waals surface area contributed by atoms with Gasteiger partial charge in [0, 0.05) is 43.6 Å². The van der Waals surface area contributed by atoms with Crippen molar-refractivity contribution in [1.29, 1.82) is 0 Å². The van der Waals surface area contributed by atoms with Crippen molar-refractivity contribution in [2.24, 2.45) is 0 Å². The minimum atomic E-state index is 0.0595. The van der Waals surface area contributed by atoms with Gasteiger partial charge in [-0.2, -0.15) is 0 Å². The molecule has 2 amide bonds. The van der Waals surface area contributed by atoms with Gasteiger partial charge < -0.3 is 14.7 Å². The number of piperazine rings is 1. The van der Waals surface area contributed by atoms with E-state index in [0.717, 1.165) is 29.4 Å². The molecule has 2 aliphatic heterocycles. The quantitative estimate of drug-likeness (QED) is 0.614. The molecule has 2 aliphatic rings. The highest BCUT2D eigenvalue weighted by Gasteiger charge is 2.26. The summed E-state index contributed by atoms with van der Waals surface area (Å²) >= 11 is 1.48. The van der Waals surface area contributed by atoms with Crippen molar-refractivity contribution >= 4 is 35.0 Å². The van der Waals surface area contributed by atoms with Crippen molar-refractivity contribution in [3.8, 4) is 0 Å². The van der Waals surface area contributed by atoms with Crippen molar-refractivity contribution in [3.05, 3.63) is 84.1 Å². The molecule has 0 N–H and O–H groups in total. The predicted molar refractivity (Wildman–Crippen MR) is 127 cm³/mol. The Balaban J connectivity index is 1.23. The zero-order valence-corrected chi connectivity index (χ0v) is 18.5. The summed E-state index contributed by atoms with van der Waals surface area (Å²) in [5.74, 6) is 0.534. The van der Waals surface area contributed by atoms with E-state index in [9.17, 15) is 9.59 Å². The Morgan fingerprint density at radius 1 is 0.906 bits per heavy atom. The Morgan fingerprint density at radius 3 is 2.41 bits per heavy atom. The van der Waals surface area contributed by atoms with E-state index in [0.29, 0.717) is 31.0 Å². The fourth-order valence-electron chi connectivity index (χ4n) is 4.14. The predicted octanol–water partition coefficient (Wildman–Crippen LogP) is 3.68. The third kappa shape index (κ3) is 4.21. The van der Waals surface area contributed by atoms with Crippen LogP contribution in [0.5, 0.6) is 0 Å². The number of pyridine rings is 1. The summed E-state index contributed by atoms with van der Waals surface area (Å²) in [6.07, 6.45) is 1.75. The second kappa shape index (κ2) is 9.04. The molecule has 162 valence electrons. The molecular weight excluding hydrogens is 420 g/mol. The summed E-state index contributed by atoms with van der Waals surface area (Å²) in [4.78, 5) is 35.9. The first-order valence-electron chi connectivity index (χ1n) is 10.8. The Kier molecular flexibility index (Phi) is 5.81. The molecule has 0 spiro atoms. The van der Waals surface area contributed by atoms with Crippen LogP contribution in [0.2, 0.25) is 0 Å². The smallest absolute Gasteiger partial charge is 0.253 e. The molecule has 32 heavy (non-hydrogen) atoms. The summed E-state index contributed by atoms with van der Waals surface area (Å²) in [5.41, 5.74) is 3.73. The van der Waals surface area contributed by atoms with Gasteiger partial charge in [-0.1, -0.05) is 42.1 Å². The standard InChI is InChI=1S/C25H24N4O2S/c30-23-18-32-24-22(7-4-12-26-24)29(23)17-19-8-10-20(11-9-19)25(31)28-15-13-27(14-16-28)21-5-2-1-3-6-21/h1-12H,13-18H2. The molecule has 0 atom stereocenters. The maximum Gasteiger partial charge on any atom is 0.253 e. The second-order valence-corrected chi connectivity index (χ2v) is 8.87. The van der Waals surface area contributed by atoms with Crippen LogP contribution in [0, 0.1) is 0 Å². The van der Waals surface area contributed by atoms with Crippen LogP contribution in [0.3, 0.4) is 0 Å². The van der Waals surface area contributed by atoms with Gasteiger partial charge in [0.25, 0.3) is 5.91 Å². The molecular formula is C25H24N4O2S. The molecule has 7 heteroatoms. The zero-order valence-electron chi connectivity index (χ0n) is 17.7. The van der Waals surface area contributed by atoms with Crippen molar-refractivity contribution in [1.82, 2.24) is 9.88 Å². The molecule has 0 bridgehead atoms. The molecule has 3 aromatic rings. The maximum atomic E-state index is 13.0. The second-order valence-electron chi connectivity index (χ2n) is 7.91. The van der Waals surface area contributed by atoms with Gasteiger partial charge in [0.15, 0.2) is 0 Å². The number of aromatic nitrogens is 1. The number of carbonyl (C=O) groups is 2. The number of fused-ring (bicyclic) bond motifs is 1. The van der Waals surface area contributed by atoms with Gasteiger partial charge in [0.05, 0.1) is 18.0 Å². The Hall–Kier alpha value is -3.32. The highest BCUT2D eigenvalue weighted by molar-refractivity contribution is 8.00. The van der Waals surface area contributed by atoms with Crippen molar-refractivity contribution in [2.75, 3.05) is 41.7 Å². The van der Waals surface area contributed by atoms with Gasteiger partial charge in [-0.25, -0.2) is 4.98 Å². The average molecular weight is 445 g/mol. The molecule has 0 aliphatic carbocycles. The number of carbonyl (C=O) groups excluding carboxylic acids is 2. The normalized spacial score (nSPS) is 16.1. The Labute approximate surface area is 191 Å². The number of nitrogens with zero attached hydrogens (tertiary/aromatic N) is 4. The number of hydrogen-bond donors (Lipinski definition) is 0. The van der Waals surface area contributed by atoms with E-state index in [1.54, 1.807) is 11.1 Å². The highest BCUT2D eigenvalue weighted by atomic mass is 32.2. The summed E-state index contributed by atoms with van der Waals surface area (Å²) in [6.45, 7) is 3.55. The Morgan fingerprint density at radius 2 is 1.66 bits per heavy atom. The molecule has 5 rings (SSSR count). The zero-order chi connectivity index (χ0) is 21.9. The minimum Gasteiger partial charge on any atom is -0.368 e. The monoisotopic (exact) mass is 444 g/mol. The van der Waals surface area contributed by atoms with E-state index in [2.05, 4.69) is 22.0 Å². The number of amides is 2. The van der Waals surface area contributed by atoms with E-state index < -0.39 is 0 Å². The highest BCUT2D eigenvalue weighted by Crippen LogP contribution is 2.34. The fraction of sp³-hybridized carbons (Fsp3) is 0.240. The van der Waals surface area contributed by atoms with Crippen LogP contribution in [0.25, 0.3) is 0 Å². The van der Waals surface area contributed by atoms with Gasteiger partial charge in [-0.3, -0.25) is 9.59 Å². The third-order valence-corrected chi connectivity index (χ3v) is 6.88. The van der Waals surface area contributed by atoms with E-state index in [4.69, 9.17) is 0 Å². The van der Waals surface area contributed by atoms with Crippen LogP contribution in [-0.4, -0.2) is 53.6 Å². The SMILES string of the molecule is O=C(c1ccc(CN2C(=O)CSc3ncccc32)cc1)N1CCN(c2ccccc2)CC1. The molecule has 0 unspecified atom stereocenters. The van der Waals surface area contributed by atoms with Crippen LogP contribution in [0.4, 0.5) is 11.4 Å². The lowest BCUT2D eigenvalue weighted by Crippen LogP contribution is -2.48. The first-order chi connectivity index (χ1) is 15.7. The van der Waals surface area contributed by atoms with Gasteiger partial charge in [0.2, 0.25) is 5.91 Å². The van der Waals surface area contributed by atoms with Crippen molar-refractivity contribution in [2.45, 2.75) is 11.6 Å². The number of rotatable bonds is 4. The van der Waals surface area contributed by atoms with Crippen molar-refractivity contribution < 1.29 is 9.59 Å². The summed E-state index contributed by atoms with van der Waals surface area (Å²) in [7, 11) is 0. The summed E-state index contributed by atoms with van der Waals surface area (Å²) < 4.78 is 0. The fourth-order valence-corrected chi connectivity index (χ4v) is 5.02. The van der Waals surface area contributed by atoms with Gasteiger partial charge >= 0.3 is 0 Å². The number of hydrogen-bond acceptors (Lipinski definition) is 5. The van der Waals surface area contributed by atoms with E-state index in [1.807, 2.05) is 59.5 Å². The van der Waals surface area contributed by atoms with Gasteiger partial charge in [-0.05, 0) is 42.0 Å². The molecule has 0 radical (unpaired) electrons. The molecule has 0 saturated carbocycles. The largest absolute Gasteiger partial charge is 0.368 e. The van der Waals surface area contributed by atoms with E-state index >= 15 is 0 Å². The lowest BCUT2D eigenvalue weighted by molar-refractivity contribution is -0.116. The van der Waals surface area contributed by atoms with Gasteiger partial charge in [-0.15, -0.1) is 0 Å². The molecule has 6 nitrogen and oxygen atoms in total. The van der Waals surface area contributed by atoms with Gasteiger partial charge in [0.1, 0.15) is 5.03 Å². The van der Waals surface area contributed by atoms with Crippen LogP contribution in [0.15, 0.2) is 78.0 Å². The van der Waals surface area contributed by atoms with E-state index in [1.165, 1.54) is 17.4 Å². The topological polar surface area (TPSA) is 56.8 Å². The van der Waals surface area contributed by atoms with E-state index in [-0.39, 0.29) is 11.8 Å². The van der Waals surface area contributed by atoms with Crippen molar-refractivity contribution in [3.63, 3.8) is 0 Å². The molecule has 2 aromatic carbocycles. The minimum absolute atomic E-state index is 0.0595. The average Bonchev–Trinajstić information content (AvgIpc) is 2.86. The van der Waals surface area contributed by atoms with Crippen LogP contribution >= 0.6 is 11.8 Å². The Bertz CT molecular complexity index is 1110. The third-order valence-electron chi connectivity index (χ3n) is 5.91. The number of benzene rings is 2.